The molecule has 22 heavy (non-hydrogen) atoms. The van der Waals surface area contributed by atoms with E-state index in [0.717, 1.165) is 0 Å². The van der Waals surface area contributed by atoms with Crippen LogP contribution in [0.15, 0.2) is 18.2 Å². The molecule has 0 bridgehead atoms. The van der Waals surface area contributed by atoms with E-state index < -0.39 is 0 Å². The molecule has 1 fully saturated rings. The van der Waals surface area contributed by atoms with Gasteiger partial charge in [-0.1, -0.05) is 11.6 Å². The maximum atomic E-state index is 12.4. The van der Waals surface area contributed by atoms with E-state index in [1.807, 2.05) is 0 Å². The van der Waals surface area contributed by atoms with Gasteiger partial charge in [-0.25, -0.2) is 0 Å². The summed E-state index contributed by atoms with van der Waals surface area (Å²) in [4.78, 5) is 27.7. The highest BCUT2D eigenvalue weighted by Gasteiger charge is 2.29. The van der Waals surface area contributed by atoms with E-state index in [0.29, 0.717) is 42.2 Å². The van der Waals surface area contributed by atoms with Crippen LogP contribution in [-0.4, -0.2) is 48.8 Å². The minimum atomic E-state index is -0.101. The summed E-state index contributed by atoms with van der Waals surface area (Å²) in [6.07, 6.45) is 1.38. The Morgan fingerprint density at radius 2 is 1.86 bits per heavy atom. The van der Waals surface area contributed by atoms with Gasteiger partial charge in [-0.2, -0.15) is 0 Å². The van der Waals surface area contributed by atoms with Gasteiger partial charge in [-0.05, 0) is 31.0 Å². The first-order chi connectivity index (χ1) is 9.90. The van der Waals surface area contributed by atoms with Crippen LogP contribution in [0.2, 0.25) is 5.02 Å². The number of benzene rings is 1. The number of carbonyl (C=O) groups excluding carboxylic acids is 2. The lowest BCUT2D eigenvalue weighted by Gasteiger charge is -2.32. The zero-order chi connectivity index (χ0) is 15.6. The number of carbonyl (C=O) groups is 2. The first-order valence-electron chi connectivity index (χ1n) is 6.95. The van der Waals surface area contributed by atoms with E-state index in [9.17, 15) is 9.59 Å². The summed E-state index contributed by atoms with van der Waals surface area (Å²) in [5, 5.41) is 0.367. The smallest absolute Gasteiger partial charge is 0.255 e. The minimum Gasteiger partial charge on any atom is -0.399 e. The number of anilines is 1. The summed E-state index contributed by atoms with van der Waals surface area (Å²) < 4.78 is 0. The quantitative estimate of drug-likeness (QED) is 0.836. The van der Waals surface area contributed by atoms with Gasteiger partial charge in [0.2, 0.25) is 5.91 Å². The fraction of sp³-hybridized carbons (Fsp3) is 0.467. The Hall–Kier alpha value is -1.46. The van der Waals surface area contributed by atoms with Crippen LogP contribution in [0.1, 0.15) is 23.2 Å². The van der Waals surface area contributed by atoms with E-state index in [1.165, 1.54) is 0 Å². The lowest BCUT2D eigenvalue weighted by molar-refractivity contribution is -0.134. The highest BCUT2D eigenvalue weighted by molar-refractivity contribution is 6.34. The van der Waals surface area contributed by atoms with E-state index in [2.05, 4.69) is 0 Å². The van der Waals surface area contributed by atoms with E-state index in [1.54, 1.807) is 42.1 Å². The second kappa shape index (κ2) is 7.70. The third kappa shape index (κ3) is 4.05. The summed E-state index contributed by atoms with van der Waals surface area (Å²) in [5.74, 6) is 0.0364. The fourth-order valence-corrected chi connectivity index (χ4v) is 2.84. The lowest BCUT2D eigenvalue weighted by atomic mass is 9.95. The Morgan fingerprint density at radius 3 is 2.36 bits per heavy atom. The van der Waals surface area contributed by atoms with Crippen LogP contribution in [0.3, 0.4) is 0 Å². The zero-order valence-electron chi connectivity index (χ0n) is 12.7. The Kier molecular flexibility index (Phi) is 6.50. The van der Waals surface area contributed by atoms with Crippen molar-refractivity contribution in [3.05, 3.63) is 28.8 Å². The SMILES string of the molecule is CN(C)C(=O)C1CCN(C(=O)c2ccc(N)cc2Cl)CC1.Cl. The lowest BCUT2D eigenvalue weighted by Crippen LogP contribution is -2.42. The van der Waals surface area contributed by atoms with Gasteiger partial charge in [0, 0.05) is 38.8 Å². The summed E-state index contributed by atoms with van der Waals surface area (Å²) in [5.41, 5.74) is 6.63. The molecule has 2 rings (SSSR count). The molecule has 0 unspecified atom stereocenters. The van der Waals surface area contributed by atoms with Crippen molar-refractivity contribution in [1.29, 1.82) is 0 Å². The van der Waals surface area contributed by atoms with Gasteiger partial charge < -0.3 is 15.5 Å². The van der Waals surface area contributed by atoms with Crippen molar-refractivity contribution in [3.63, 3.8) is 0 Å². The summed E-state index contributed by atoms with van der Waals surface area (Å²) in [6.45, 7) is 1.15. The van der Waals surface area contributed by atoms with Crippen LogP contribution in [0, 0.1) is 5.92 Å². The van der Waals surface area contributed by atoms with Crippen LogP contribution in [0.5, 0.6) is 0 Å². The molecule has 7 heteroatoms. The van der Waals surface area contributed by atoms with Crippen molar-refractivity contribution >= 4 is 41.5 Å². The molecule has 1 aliphatic heterocycles. The second-order valence-electron chi connectivity index (χ2n) is 5.54. The molecule has 0 atom stereocenters. The van der Waals surface area contributed by atoms with Crippen LogP contribution in [0.25, 0.3) is 0 Å². The van der Waals surface area contributed by atoms with Crippen molar-refractivity contribution in [2.24, 2.45) is 5.92 Å². The van der Waals surface area contributed by atoms with Crippen LogP contribution < -0.4 is 5.73 Å². The summed E-state index contributed by atoms with van der Waals surface area (Å²) >= 11 is 6.08. The fourth-order valence-electron chi connectivity index (χ4n) is 2.57. The first-order valence-corrected chi connectivity index (χ1v) is 7.33. The predicted octanol–water partition coefficient (Wildman–Crippen LogP) is 2.28. The molecule has 1 saturated heterocycles. The number of hydrogen-bond donors (Lipinski definition) is 1. The number of nitrogens with two attached hydrogens (primary N) is 1. The summed E-state index contributed by atoms with van der Waals surface area (Å²) in [7, 11) is 3.52. The van der Waals surface area contributed by atoms with Crippen LogP contribution in [0.4, 0.5) is 5.69 Å². The van der Waals surface area contributed by atoms with Crippen molar-refractivity contribution in [1.82, 2.24) is 9.80 Å². The van der Waals surface area contributed by atoms with Crippen molar-refractivity contribution in [2.45, 2.75) is 12.8 Å². The van der Waals surface area contributed by atoms with Gasteiger partial charge >= 0.3 is 0 Å². The van der Waals surface area contributed by atoms with Gasteiger partial charge in [0.15, 0.2) is 0 Å². The third-order valence-electron chi connectivity index (χ3n) is 3.80. The van der Waals surface area contributed by atoms with Crippen LogP contribution in [-0.2, 0) is 4.79 Å². The Morgan fingerprint density at radius 1 is 1.27 bits per heavy atom. The second-order valence-corrected chi connectivity index (χ2v) is 5.95. The van der Waals surface area contributed by atoms with E-state index >= 15 is 0 Å². The average Bonchev–Trinajstić information content (AvgIpc) is 2.46. The molecule has 5 nitrogen and oxygen atoms in total. The number of nitrogens with zero attached hydrogens (tertiary/aromatic N) is 2. The molecular weight excluding hydrogens is 325 g/mol. The highest BCUT2D eigenvalue weighted by Crippen LogP contribution is 2.24. The number of rotatable bonds is 2. The molecule has 0 spiro atoms. The monoisotopic (exact) mass is 345 g/mol. The van der Waals surface area contributed by atoms with E-state index in [-0.39, 0.29) is 30.1 Å². The van der Waals surface area contributed by atoms with E-state index in [4.69, 9.17) is 17.3 Å². The standard InChI is InChI=1S/C15H20ClN3O2.ClH/c1-18(2)14(20)10-5-7-19(8-6-10)15(21)12-4-3-11(17)9-13(12)16;/h3-4,9-10H,5-8,17H2,1-2H3;1H. The first kappa shape index (κ1) is 18.6. The molecule has 1 aliphatic rings. The number of amides is 2. The maximum absolute atomic E-state index is 12.4. The van der Waals surface area contributed by atoms with Gasteiger partial charge in [0.05, 0.1) is 10.6 Å². The minimum absolute atomic E-state index is 0. The number of likely N-dealkylation sites (tertiary alicyclic amines) is 1. The molecule has 0 aliphatic carbocycles. The number of halogens is 2. The largest absolute Gasteiger partial charge is 0.399 e. The molecule has 0 radical (unpaired) electrons. The maximum Gasteiger partial charge on any atom is 0.255 e. The van der Waals surface area contributed by atoms with Gasteiger partial charge in [-0.15, -0.1) is 12.4 Å². The molecule has 2 amide bonds. The van der Waals surface area contributed by atoms with Crippen LogP contribution >= 0.6 is 24.0 Å². The molecule has 1 aromatic rings. The Labute approximate surface area is 141 Å². The van der Waals surface area contributed by atoms with Crippen molar-refractivity contribution in [3.8, 4) is 0 Å². The predicted molar refractivity (Wildman–Crippen MR) is 90.4 cm³/mol. The number of hydrogen-bond acceptors (Lipinski definition) is 3. The molecule has 0 aromatic heterocycles. The van der Waals surface area contributed by atoms with Gasteiger partial charge in [0.25, 0.3) is 5.91 Å². The topological polar surface area (TPSA) is 66.6 Å². The molecule has 122 valence electrons. The summed E-state index contributed by atoms with van der Waals surface area (Å²) in [6, 6.07) is 4.90. The average molecular weight is 346 g/mol. The molecule has 1 heterocycles. The van der Waals surface area contributed by atoms with Gasteiger partial charge in [-0.3, -0.25) is 9.59 Å². The molecular formula is C15H21Cl2N3O2. The zero-order valence-corrected chi connectivity index (χ0v) is 14.3. The number of piperidine rings is 1. The highest BCUT2D eigenvalue weighted by atomic mass is 35.5. The molecule has 2 N–H and O–H groups in total. The van der Waals surface area contributed by atoms with Gasteiger partial charge in [0.1, 0.15) is 0 Å². The molecule has 0 saturated carbocycles. The molecule has 1 aromatic carbocycles. The Balaban J connectivity index is 0.00000242. The van der Waals surface area contributed by atoms with Crippen molar-refractivity contribution < 1.29 is 9.59 Å². The Bertz CT molecular complexity index is 556. The number of nitrogen functional groups attached to an aromatic ring is 1. The third-order valence-corrected chi connectivity index (χ3v) is 4.11. The van der Waals surface area contributed by atoms with Crippen molar-refractivity contribution in [2.75, 3.05) is 32.9 Å². The normalized spacial score (nSPS) is 15.1.